The predicted octanol–water partition coefficient (Wildman–Crippen LogP) is 4.82. The van der Waals surface area contributed by atoms with Crippen LogP contribution < -0.4 is 15.0 Å². The Hall–Kier alpha value is -3.39. The Morgan fingerprint density at radius 2 is 1.80 bits per heavy atom. The highest BCUT2D eigenvalue weighted by Crippen LogP contribution is 2.55. The number of nitrogens with zero attached hydrogens (tertiary/aromatic N) is 5. The van der Waals surface area contributed by atoms with E-state index in [0.717, 1.165) is 64.5 Å². The molecule has 236 valence electrons. The molecule has 2 aromatic rings. The van der Waals surface area contributed by atoms with Crippen LogP contribution in [0, 0.1) is 23.3 Å². The first-order valence-corrected chi connectivity index (χ1v) is 15.8. The number of aliphatic carboxylic acids is 1. The van der Waals surface area contributed by atoms with E-state index >= 15 is 0 Å². The van der Waals surface area contributed by atoms with Crippen LogP contribution in [0.4, 0.5) is 11.5 Å². The van der Waals surface area contributed by atoms with Crippen LogP contribution in [-0.2, 0) is 4.79 Å². The Balaban J connectivity index is 1.10. The fourth-order valence-electron chi connectivity index (χ4n) is 7.51. The molecule has 3 fully saturated rings. The van der Waals surface area contributed by atoms with E-state index in [1.165, 1.54) is 0 Å². The minimum absolute atomic E-state index is 0.121. The molecule has 11 heteroatoms. The van der Waals surface area contributed by atoms with E-state index < -0.39 is 5.97 Å². The van der Waals surface area contributed by atoms with Gasteiger partial charge in [0.2, 0.25) is 5.69 Å². The van der Waals surface area contributed by atoms with Crippen LogP contribution in [0.3, 0.4) is 0 Å². The Kier molecular flexibility index (Phi) is 9.40. The number of rotatable bonds is 10. The summed E-state index contributed by atoms with van der Waals surface area (Å²) in [4.78, 5) is 39.1. The number of carbonyl (C=O) groups excluding carboxylic acids is 1. The van der Waals surface area contributed by atoms with Gasteiger partial charge in [-0.3, -0.25) is 14.5 Å². The number of pyridine rings is 1. The summed E-state index contributed by atoms with van der Waals surface area (Å²) in [6, 6.07) is 8.78. The summed E-state index contributed by atoms with van der Waals surface area (Å²) in [6.45, 7) is 22.1. The van der Waals surface area contributed by atoms with E-state index in [9.17, 15) is 9.59 Å². The smallest absolute Gasteiger partial charge is 0.317 e. The van der Waals surface area contributed by atoms with Crippen molar-refractivity contribution in [3.05, 3.63) is 58.5 Å². The highest BCUT2D eigenvalue weighted by molar-refractivity contribution is 6.33. The molecule has 0 radical (unpaired) electrons. The lowest BCUT2D eigenvalue weighted by Gasteiger charge is -2.63. The predicted molar refractivity (Wildman–Crippen MR) is 171 cm³/mol. The number of carbonyl (C=O) groups is 2. The number of benzene rings is 1. The van der Waals surface area contributed by atoms with Crippen molar-refractivity contribution in [3.63, 3.8) is 0 Å². The number of amides is 1. The van der Waals surface area contributed by atoms with Crippen molar-refractivity contribution in [1.82, 2.24) is 20.1 Å². The second-order valence-corrected chi connectivity index (χ2v) is 14.0. The van der Waals surface area contributed by atoms with Crippen LogP contribution in [0.25, 0.3) is 4.85 Å². The monoisotopic (exact) mass is 622 g/mol. The molecule has 1 aromatic carbocycles. The number of nitrogens with one attached hydrogen (secondary N) is 1. The zero-order valence-corrected chi connectivity index (χ0v) is 26.8. The standard InChI is InChI=1S/C33H43ClN6O4/c1-32(2)30(33(3,4)31(32)44-24-7-8-26(35-5)25(34)18-24)37-29(43)23-6-9-27(36-19-23)40-13-11-22(20-40)10-12-38-14-16-39(17-15-38)21-28(41)42/h6-9,18-19,22,30-31H,10-17,20-21H2,1-4H3,(H,37,43)(H,41,42). The van der Waals surface area contributed by atoms with Crippen molar-refractivity contribution in [1.29, 1.82) is 0 Å². The number of carboxylic acids is 1. The highest BCUT2D eigenvalue weighted by Gasteiger charge is 2.64. The van der Waals surface area contributed by atoms with E-state index in [0.29, 0.717) is 27.9 Å². The number of ether oxygens (including phenoxy) is 1. The first kappa shape index (κ1) is 32.0. The Morgan fingerprint density at radius 3 is 2.41 bits per heavy atom. The van der Waals surface area contributed by atoms with Gasteiger partial charge in [0.15, 0.2) is 0 Å². The van der Waals surface area contributed by atoms with Crippen molar-refractivity contribution < 1.29 is 19.4 Å². The summed E-state index contributed by atoms with van der Waals surface area (Å²) in [7, 11) is 0. The number of piperazine rings is 1. The van der Waals surface area contributed by atoms with Gasteiger partial charge in [0.25, 0.3) is 5.91 Å². The molecule has 2 saturated heterocycles. The molecule has 1 aliphatic carbocycles. The molecule has 1 saturated carbocycles. The summed E-state index contributed by atoms with van der Waals surface area (Å²) in [6.07, 6.45) is 3.74. The van der Waals surface area contributed by atoms with Crippen molar-refractivity contribution >= 4 is 35.0 Å². The lowest BCUT2D eigenvalue weighted by atomic mass is 9.49. The van der Waals surface area contributed by atoms with Crippen molar-refractivity contribution in [2.45, 2.75) is 52.7 Å². The van der Waals surface area contributed by atoms with Crippen LogP contribution in [0.15, 0.2) is 36.5 Å². The molecule has 0 bridgehead atoms. The molecule has 3 heterocycles. The third kappa shape index (κ3) is 6.80. The molecule has 1 unspecified atom stereocenters. The number of aromatic nitrogens is 1. The molecule has 3 aliphatic rings. The molecular weight excluding hydrogens is 580 g/mol. The fraction of sp³-hybridized carbons (Fsp3) is 0.576. The summed E-state index contributed by atoms with van der Waals surface area (Å²) in [5.41, 5.74) is 0.244. The number of anilines is 1. The maximum atomic E-state index is 13.3. The fourth-order valence-corrected chi connectivity index (χ4v) is 7.73. The van der Waals surface area contributed by atoms with Gasteiger partial charge in [-0.1, -0.05) is 45.4 Å². The van der Waals surface area contributed by atoms with E-state index in [-0.39, 0.29) is 35.4 Å². The van der Waals surface area contributed by atoms with Gasteiger partial charge < -0.3 is 25.0 Å². The lowest BCUT2D eigenvalue weighted by Crippen LogP contribution is -2.74. The Bertz CT molecular complexity index is 1380. The minimum atomic E-state index is -0.759. The van der Waals surface area contributed by atoms with Gasteiger partial charge in [0.05, 0.1) is 23.7 Å². The molecule has 44 heavy (non-hydrogen) atoms. The van der Waals surface area contributed by atoms with Crippen LogP contribution in [0.1, 0.15) is 50.9 Å². The molecule has 10 nitrogen and oxygen atoms in total. The number of carboxylic acid groups (broad SMARTS) is 1. The van der Waals surface area contributed by atoms with E-state index in [1.54, 1.807) is 24.4 Å². The van der Waals surface area contributed by atoms with Gasteiger partial charge >= 0.3 is 5.97 Å². The van der Waals surface area contributed by atoms with Crippen LogP contribution in [-0.4, -0.2) is 96.3 Å². The largest absolute Gasteiger partial charge is 0.489 e. The lowest BCUT2D eigenvalue weighted by molar-refractivity contribution is -0.164. The van der Waals surface area contributed by atoms with Gasteiger partial charge in [-0.15, -0.1) is 0 Å². The minimum Gasteiger partial charge on any atom is -0.489 e. The van der Waals surface area contributed by atoms with E-state index in [1.807, 2.05) is 17.0 Å². The van der Waals surface area contributed by atoms with Crippen molar-refractivity contribution in [2.24, 2.45) is 16.7 Å². The number of hydrogen-bond donors (Lipinski definition) is 2. The molecule has 1 aromatic heterocycles. The van der Waals surface area contributed by atoms with Gasteiger partial charge in [0.1, 0.15) is 17.7 Å². The molecule has 1 atom stereocenters. The Morgan fingerprint density at radius 1 is 1.09 bits per heavy atom. The molecule has 5 rings (SSSR count). The maximum absolute atomic E-state index is 13.3. The molecule has 2 N–H and O–H groups in total. The molecular formula is C33H43ClN6O4. The third-order valence-corrected chi connectivity index (χ3v) is 10.0. The summed E-state index contributed by atoms with van der Waals surface area (Å²) in [5.74, 6) is 1.19. The summed E-state index contributed by atoms with van der Waals surface area (Å²) >= 11 is 6.22. The van der Waals surface area contributed by atoms with Gasteiger partial charge in [-0.2, -0.15) is 0 Å². The average Bonchev–Trinajstić information content (AvgIpc) is 3.47. The van der Waals surface area contributed by atoms with Gasteiger partial charge in [0, 0.05) is 62.3 Å². The normalized spacial score (nSPS) is 24.7. The van der Waals surface area contributed by atoms with Gasteiger partial charge in [-0.25, -0.2) is 9.83 Å². The maximum Gasteiger partial charge on any atom is 0.317 e. The van der Waals surface area contributed by atoms with Crippen LogP contribution in [0.2, 0.25) is 5.02 Å². The van der Waals surface area contributed by atoms with E-state index in [4.69, 9.17) is 28.0 Å². The van der Waals surface area contributed by atoms with Crippen LogP contribution in [0.5, 0.6) is 5.75 Å². The Labute approximate surface area is 265 Å². The zero-order valence-electron chi connectivity index (χ0n) is 26.1. The third-order valence-electron chi connectivity index (χ3n) is 9.71. The second-order valence-electron chi connectivity index (χ2n) is 13.6. The highest BCUT2D eigenvalue weighted by atomic mass is 35.5. The topological polar surface area (TPSA) is 103 Å². The number of hydrogen-bond acceptors (Lipinski definition) is 7. The van der Waals surface area contributed by atoms with Crippen LogP contribution >= 0.6 is 11.6 Å². The SMILES string of the molecule is [C-]#[N+]c1ccc(OC2C(C)(C)C(NC(=O)c3ccc(N4CCC(CCN5CCN(CC(=O)O)CC5)C4)nc3)C2(C)C)cc1Cl. The first-order chi connectivity index (χ1) is 20.9. The summed E-state index contributed by atoms with van der Waals surface area (Å²) in [5, 5.41) is 12.6. The average molecular weight is 623 g/mol. The quantitative estimate of drug-likeness (QED) is 0.364. The van der Waals surface area contributed by atoms with Gasteiger partial charge in [-0.05, 0) is 49.6 Å². The summed E-state index contributed by atoms with van der Waals surface area (Å²) < 4.78 is 6.35. The zero-order chi connectivity index (χ0) is 31.6. The molecule has 0 spiro atoms. The molecule has 2 aliphatic heterocycles. The molecule has 1 amide bonds. The van der Waals surface area contributed by atoms with Crippen molar-refractivity contribution in [3.8, 4) is 5.75 Å². The van der Waals surface area contributed by atoms with E-state index in [2.05, 4.69) is 52.6 Å². The first-order valence-electron chi connectivity index (χ1n) is 15.4. The number of halogens is 1. The van der Waals surface area contributed by atoms with Crippen molar-refractivity contribution in [2.75, 3.05) is 57.3 Å². The second kappa shape index (κ2) is 12.9.